The molecule has 26 heavy (non-hydrogen) atoms. The standard InChI is InChI=1S/C18H22N4O3S/c1-3-17-19-14(12-26-17)11-20-7-9-21(10-8-20)18(23)15-5-4-6-16(13(15)2)22(24)25/h4-6,12H,3,7-11H2,1-2H3. The van der Waals surface area contributed by atoms with Gasteiger partial charge in [-0.2, -0.15) is 0 Å². The van der Waals surface area contributed by atoms with E-state index in [0.717, 1.165) is 36.8 Å². The molecule has 1 aliphatic heterocycles. The second-order valence-corrected chi connectivity index (χ2v) is 7.30. The number of aryl methyl sites for hydroxylation is 1. The normalized spacial score (nSPS) is 15.2. The van der Waals surface area contributed by atoms with Crippen LogP contribution in [0, 0.1) is 17.0 Å². The fourth-order valence-corrected chi connectivity index (χ4v) is 3.88. The zero-order valence-electron chi connectivity index (χ0n) is 15.0. The van der Waals surface area contributed by atoms with Gasteiger partial charge < -0.3 is 4.90 Å². The van der Waals surface area contributed by atoms with Crippen molar-refractivity contribution in [3.63, 3.8) is 0 Å². The minimum Gasteiger partial charge on any atom is -0.336 e. The Balaban J connectivity index is 1.62. The second-order valence-electron chi connectivity index (χ2n) is 6.36. The first-order valence-electron chi connectivity index (χ1n) is 8.68. The maximum absolute atomic E-state index is 12.8. The van der Waals surface area contributed by atoms with Crippen LogP contribution in [0.3, 0.4) is 0 Å². The molecule has 0 spiro atoms. The van der Waals surface area contributed by atoms with E-state index in [1.807, 2.05) is 0 Å². The molecule has 1 aliphatic rings. The molecule has 0 radical (unpaired) electrons. The molecule has 1 fully saturated rings. The van der Waals surface area contributed by atoms with Crippen molar-refractivity contribution in [3.05, 3.63) is 55.5 Å². The Labute approximate surface area is 156 Å². The number of thiazole rings is 1. The van der Waals surface area contributed by atoms with Crippen molar-refractivity contribution in [1.82, 2.24) is 14.8 Å². The number of hydrogen-bond acceptors (Lipinski definition) is 6. The Bertz CT molecular complexity index is 813. The minimum atomic E-state index is -0.442. The van der Waals surface area contributed by atoms with Crippen molar-refractivity contribution in [2.75, 3.05) is 26.2 Å². The Morgan fingerprint density at radius 3 is 2.65 bits per heavy atom. The monoisotopic (exact) mass is 374 g/mol. The number of piperazine rings is 1. The topological polar surface area (TPSA) is 79.6 Å². The van der Waals surface area contributed by atoms with Crippen LogP contribution in [-0.2, 0) is 13.0 Å². The summed E-state index contributed by atoms with van der Waals surface area (Å²) >= 11 is 1.69. The number of nitrogens with zero attached hydrogens (tertiary/aromatic N) is 4. The van der Waals surface area contributed by atoms with E-state index in [0.29, 0.717) is 24.2 Å². The largest absolute Gasteiger partial charge is 0.336 e. The summed E-state index contributed by atoms with van der Waals surface area (Å²) in [6.07, 6.45) is 0.954. The van der Waals surface area contributed by atoms with Crippen molar-refractivity contribution in [2.24, 2.45) is 0 Å². The zero-order chi connectivity index (χ0) is 18.7. The summed E-state index contributed by atoms with van der Waals surface area (Å²) in [6, 6.07) is 4.67. The van der Waals surface area contributed by atoms with Gasteiger partial charge in [-0.15, -0.1) is 11.3 Å². The highest BCUT2D eigenvalue weighted by Gasteiger charge is 2.25. The first-order chi connectivity index (χ1) is 12.5. The Kier molecular flexibility index (Phi) is 5.63. The van der Waals surface area contributed by atoms with E-state index in [4.69, 9.17) is 0 Å². The van der Waals surface area contributed by atoms with Gasteiger partial charge in [0.1, 0.15) is 0 Å². The van der Waals surface area contributed by atoms with Crippen molar-refractivity contribution < 1.29 is 9.72 Å². The SMILES string of the molecule is CCc1nc(CN2CCN(C(=O)c3cccc([N+](=O)[O-])c3C)CC2)cs1. The van der Waals surface area contributed by atoms with E-state index in [1.54, 1.807) is 35.3 Å². The Hall–Kier alpha value is -2.32. The van der Waals surface area contributed by atoms with Gasteiger partial charge in [0, 0.05) is 55.3 Å². The molecule has 1 aromatic carbocycles. The van der Waals surface area contributed by atoms with Gasteiger partial charge in [-0.1, -0.05) is 13.0 Å². The molecule has 0 N–H and O–H groups in total. The molecule has 8 heteroatoms. The average molecular weight is 374 g/mol. The maximum Gasteiger partial charge on any atom is 0.273 e. The van der Waals surface area contributed by atoms with Crippen LogP contribution in [0.4, 0.5) is 5.69 Å². The molecular weight excluding hydrogens is 352 g/mol. The number of rotatable bonds is 5. The van der Waals surface area contributed by atoms with E-state index in [9.17, 15) is 14.9 Å². The van der Waals surface area contributed by atoms with Crippen LogP contribution in [-0.4, -0.2) is 51.8 Å². The summed E-state index contributed by atoms with van der Waals surface area (Å²) in [5.74, 6) is -0.132. The Morgan fingerprint density at radius 1 is 1.31 bits per heavy atom. The average Bonchev–Trinajstić information content (AvgIpc) is 3.09. The molecule has 1 amide bonds. The lowest BCUT2D eigenvalue weighted by Crippen LogP contribution is -2.48. The highest BCUT2D eigenvalue weighted by atomic mass is 32.1. The minimum absolute atomic E-state index is 0.00949. The molecule has 2 aromatic rings. The lowest BCUT2D eigenvalue weighted by Gasteiger charge is -2.34. The second kappa shape index (κ2) is 7.92. The van der Waals surface area contributed by atoms with Crippen molar-refractivity contribution in [1.29, 1.82) is 0 Å². The number of hydrogen-bond donors (Lipinski definition) is 0. The maximum atomic E-state index is 12.8. The van der Waals surface area contributed by atoms with Crippen molar-refractivity contribution in [2.45, 2.75) is 26.8 Å². The summed E-state index contributed by atoms with van der Waals surface area (Å²) in [4.78, 5) is 32.1. The van der Waals surface area contributed by atoms with E-state index in [1.165, 1.54) is 6.07 Å². The molecule has 3 rings (SSSR count). The first kappa shape index (κ1) is 18.5. The number of amides is 1. The zero-order valence-corrected chi connectivity index (χ0v) is 15.8. The summed E-state index contributed by atoms with van der Waals surface area (Å²) in [6.45, 7) is 7.32. The molecule has 0 aliphatic carbocycles. The molecule has 138 valence electrons. The number of carbonyl (C=O) groups is 1. The summed E-state index contributed by atoms with van der Waals surface area (Å²) in [5, 5.41) is 14.3. The van der Waals surface area contributed by atoms with E-state index >= 15 is 0 Å². The highest BCUT2D eigenvalue weighted by Crippen LogP contribution is 2.23. The van der Waals surface area contributed by atoms with Gasteiger partial charge in [0.05, 0.1) is 15.6 Å². The van der Waals surface area contributed by atoms with Gasteiger partial charge in [0.25, 0.3) is 11.6 Å². The van der Waals surface area contributed by atoms with Gasteiger partial charge in [0.2, 0.25) is 0 Å². The van der Waals surface area contributed by atoms with Crippen LogP contribution < -0.4 is 0 Å². The summed E-state index contributed by atoms with van der Waals surface area (Å²) in [7, 11) is 0. The number of carbonyl (C=O) groups excluding carboxylic acids is 1. The van der Waals surface area contributed by atoms with Crippen LogP contribution in [0.1, 0.15) is 33.5 Å². The van der Waals surface area contributed by atoms with Gasteiger partial charge in [0.15, 0.2) is 0 Å². The van der Waals surface area contributed by atoms with Crippen molar-refractivity contribution in [3.8, 4) is 0 Å². The quantitative estimate of drug-likeness (QED) is 0.594. The third kappa shape index (κ3) is 3.91. The smallest absolute Gasteiger partial charge is 0.273 e. The lowest BCUT2D eigenvalue weighted by atomic mass is 10.1. The molecule has 1 aromatic heterocycles. The van der Waals surface area contributed by atoms with Crippen LogP contribution in [0.15, 0.2) is 23.6 Å². The number of benzene rings is 1. The fourth-order valence-electron chi connectivity index (χ4n) is 3.15. The van der Waals surface area contributed by atoms with Crippen LogP contribution in [0.2, 0.25) is 0 Å². The van der Waals surface area contributed by atoms with Crippen LogP contribution in [0.25, 0.3) is 0 Å². The summed E-state index contributed by atoms with van der Waals surface area (Å²) < 4.78 is 0. The van der Waals surface area contributed by atoms with Gasteiger partial charge >= 0.3 is 0 Å². The van der Waals surface area contributed by atoms with E-state index in [2.05, 4.69) is 22.2 Å². The van der Waals surface area contributed by atoms with Gasteiger partial charge in [-0.05, 0) is 19.4 Å². The molecular formula is C18H22N4O3S. The lowest BCUT2D eigenvalue weighted by molar-refractivity contribution is -0.385. The molecule has 2 heterocycles. The molecule has 7 nitrogen and oxygen atoms in total. The summed E-state index contributed by atoms with van der Waals surface area (Å²) in [5.41, 5.74) is 1.92. The van der Waals surface area contributed by atoms with Crippen molar-refractivity contribution >= 4 is 22.9 Å². The molecule has 0 saturated carbocycles. The van der Waals surface area contributed by atoms with E-state index < -0.39 is 4.92 Å². The number of nitro groups is 1. The van der Waals surface area contributed by atoms with E-state index in [-0.39, 0.29) is 11.6 Å². The van der Waals surface area contributed by atoms with Crippen LogP contribution >= 0.6 is 11.3 Å². The molecule has 0 unspecified atom stereocenters. The molecule has 0 atom stereocenters. The predicted molar refractivity (Wildman–Crippen MR) is 101 cm³/mol. The van der Waals surface area contributed by atoms with Crippen LogP contribution in [0.5, 0.6) is 0 Å². The van der Waals surface area contributed by atoms with Gasteiger partial charge in [-0.25, -0.2) is 4.98 Å². The molecule has 0 bridgehead atoms. The number of aromatic nitrogens is 1. The first-order valence-corrected chi connectivity index (χ1v) is 9.56. The third-order valence-corrected chi connectivity index (χ3v) is 5.72. The number of nitro benzene ring substituents is 1. The van der Waals surface area contributed by atoms with Gasteiger partial charge in [-0.3, -0.25) is 19.8 Å². The fraction of sp³-hybridized carbons (Fsp3) is 0.444. The highest BCUT2D eigenvalue weighted by molar-refractivity contribution is 7.09. The molecule has 1 saturated heterocycles. The predicted octanol–water partition coefficient (Wildman–Crippen LogP) is 2.88. The Morgan fingerprint density at radius 2 is 2.04 bits per heavy atom. The third-order valence-electron chi connectivity index (χ3n) is 4.68.